The molecule has 19 heavy (non-hydrogen) atoms. The Hall–Kier alpha value is -1.62. The molecule has 5 heteroatoms. The lowest BCUT2D eigenvalue weighted by atomic mass is 10.1. The van der Waals surface area contributed by atoms with Gasteiger partial charge >= 0.3 is 0 Å². The summed E-state index contributed by atoms with van der Waals surface area (Å²) in [6.07, 6.45) is 1.88. The first-order chi connectivity index (χ1) is 9.06. The first-order valence-corrected chi connectivity index (χ1v) is 7.25. The molecule has 0 fully saturated rings. The second-order valence-electron chi connectivity index (χ2n) is 4.29. The fourth-order valence-electron chi connectivity index (χ4n) is 1.56. The Morgan fingerprint density at radius 2 is 2.26 bits per heavy atom. The highest BCUT2D eigenvalue weighted by molar-refractivity contribution is 7.99. The van der Waals surface area contributed by atoms with Crippen molar-refractivity contribution in [2.75, 3.05) is 43.2 Å². The number of carbonyl (C=O) groups is 1. The average molecular weight is 279 g/mol. The molecule has 1 rings (SSSR count). The first kappa shape index (κ1) is 15.4. The molecular weight excluding hydrogens is 258 g/mol. The fraction of sp³-hybridized carbons (Fsp3) is 0.357. The van der Waals surface area contributed by atoms with Crippen LogP contribution in [0.25, 0.3) is 0 Å². The van der Waals surface area contributed by atoms with E-state index in [1.54, 1.807) is 49.0 Å². The smallest absolute Gasteiger partial charge is 0.255 e. The van der Waals surface area contributed by atoms with E-state index in [1.807, 2.05) is 6.08 Å². The molecule has 0 aliphatic heterocycles. The third-order valence-corrected chi connectivity index (χ3v) is 3.44. The van der Waals surface area contributed by atoms with Crippen molar-refractivity contribution < 1.29 is 4.79 Å². The molecule has 0 aliphatic carbocycles. The van der Waals surface area contributed by atoms with Crippen LogP contribution >= 0.6 is 11.8 Å². The zero-order valence-corrected chi connectivity index (χ0v) is 12.3. The highest BCUT2D eigenvalue weighted by atomic mass is 32.2. The molecule has 1 aromatic carbocycles. The quantitative estimate of drug-likeness (QED) is 0.457. The Kier molecular flexibility index (Phi) is 6.29. The van der Waals surface area contributed by atoms with Gasteiger partial charge in [0.1, 0.15) is 0 Å². The molecule has 1 amide bonds. The van der Waals surface area contributed by atoms with E-state index >= 15 is 0 Å². The minimum Gasteiger partial charge on any atom is -0.399 e. The molecule has 0 bridgehead atoms. The molecule has 0 heterocycles. The third kappa shape index (κ3) is 4.87. The summed E-state index contributed by atoms with van der Waals surface area (Å²) in [6.45, 7) is 4.46. The standard InChI is InChI=1S/C14H21N3OS/c1-4-8-19-9-7-16-13-10-11(15)5-6-12(13)14(18)17(2)3/h4-6,10,16H,1,7-9,15H2,2-3H3. The predicted molar refractivity (Wildman–Crippen MR) is 84.9 cm³/mol. The molecule has 0 unspecified atom stereocenters. The lowest BCUT2D eigenvalue weighted by molar-refractivity contribution is 0.0828. The molecule has 0 atom stereocenters. The number of hydrogen-bond acceptors (Lipinski definition) is 4. The van der Waals surface area contributed by atoms with Crippen LogP contribution in [0.4, 0.5) is 11.4 Å². The topological polar surface area (TPSA) is 58.4 Å². The second-order valence-corrected chi connectivity index (χ2v) is 5.44. The minimum atomic E-state index is -0.0266. The molecule has 0 saturated carbocycles. The maximum atomic E-state index is 12.0. The van der Waals surface area contributed by atoms with Gasteiger partial charge in [0.25, 0.3) is 5.91 Å². The van der Waals surface area contributed by atoms with Crippen molar-refractivity contribution >= 4 is 29.0 Å². The number of nitrogens with two attached hydrogens (primary N) is 1. The second kappa shape index (κ2) is 7.74. The molecule has 0 aromatic heterocycles. The molecule has 1 aromatic rings. The fourth-order valence-corrected chi connectivity index (χ4v) is 2.14. The summed E-state index contributed by atoms with van der Waals surface area (Å²) in [5.41, 5.74) is 7.86. The van der Waals surface area contributed by atoms with Crippen LogP contribution in [0.2, 0.25) is 0 Å². The highest BCUT2D eigenvalue weighted by Gasteiger charge is 2.13. The van der Waals surface area contributed by atoms with Gasteiger partial charge in [0.15, 0.2) is 0 Å². The number of carbonyl (C=O) groups excluding carboxylic acids is 1. The van der Waals surface area contributed by atoms with Gasteiger partial charge in [-0.05, 0) is 18.2 Å². The van der Waals surface area contributed by atoms with Crippen molar-refractivity contribution in [1.82, 2.24) is 4.90 Å². The molecular formula is C14H21N3OS. The van der Waals surface area contributed by atoms with Crippen LogP contribution in [-0.2, 0) is 0 Å². The van der Waals surface area contributed by atoms with Crippen LogP contribution < -0.4 is 11.1 Å². The Morgan fingerprint density at radius 3 is 2.89 bits per heavy atom. The first-order valence-electron chi connectivity index (χ1n) is 6.10. The van der Waals surface area contributed by atoms with E-state index in [0.29, 0.717) is 11.3 Å². The van der Waals surface area contributed by atoms with E-state index in [9.17, 15) is 4.79 Å². The lowest BCUT2D eigenvalue weighted by Crippen LogP contribution is -2.23. The number of hydrogen-bond donors (Lipinski definition) is 2. The summed E-state index contributed by atoms with van der Waals surface area (Å²) in [5.74, 6) is 1.86. The van der Waals surface area contributed by atoms with Gasteiger partial charge in [-0.25, -0.2) is 0 Å². The van der Waals surface area contributed by atoms with Crippen molar-refractivity contribution in [3.63, 3.8) is 0 Å². The van der Waals surface area contributed by atoms with Gasteiger partial charge in [-0.3, -0.25) is 4.79 Å². The van der Waals surface area contributed by atoms with Crippen LogP contribution in [-0.4, -0.2) is 43.0 Å². The van der Waals surface area contributed by atoms with Crippen LogP contribution in [0.15, 0.2) is 30.9 Å². The van der Waals surface area contributed by atoms with Gasteiger partial charge in [0.2, 0.25) is 0 Å². The molecule has 3 N–H and O–H groups in total. The maximum absolute atomic E-state index is 12.0. The van der Waals surface area contributed by atoms with Crippen molar-refractivity contribution in [2.45, 2.75) is 0 Å². The number of rotatable bonds is 7. The summed E-state index contributed by atoms with van der Waals surface area (Å²) >= 11 is 1.79. The molecule has 0 saturated heterocycles. The van der Waals surface area contributed by atoms with Crippen LogP contribution in [0.1, 0.15) is 10.4 Å². The predicted octanol–water partition coefficient (Wildman–Crippen LogP) is 2.30. The van der Waals surface area contributed by atoms with E-state index in [-0.39, 0.29) is 5.91 Å². The van der Waals surface area contributed by atoms with E-state index in [4.69, 9.17) is 5.73 Å². The van der Waals surface area contributed by atoms with Gasteiger partial charge in [-0.15, -0.1) is 6.58 Å². The van der Waals surface area contributed by atoms with E-state index in [1.165, 1.54) is 0 Å². The average Bonchev–Trinajstić information content (AvgIpc) is 2.38. The highest BCUT2D eigenvalue weighted by Crippen LogP contribution is 2.20. The number of thioether (sulfide) groups is 1. The summed E-state index contributed by atoms with van der Waals surface area (Å²) in [6, 6.07) is 5.31. The monoisotopic (exact) mass is 279 g/mol. The molecule has 4 nitrogen and oxygen atoms in total. The zero-order chi connectivity index (χ0) is 14.3. The Morgan fingerprint density at radius 1 is 1.53 bits per heavy atom. The minimum absolute atomic E-state index is 0.0266. The van der Waals surface area contributed by atoms with Crippen LogP contribution in [0, 0.1) is 0 Å². The van der Waals surface area contributed by atoms with Gasteiger partial charge in [-0.1, -0.05) is 6.08 Å². The van der Waals surface area contributed by atoms with Gasteiger partial charge < -0.3 is 16.0 Å². The van der Waals surface area contributed by atoms with Crippen molar-refractivity contribution in [1.29, 1.82) is 0 Å². The van der Waals surface area contributed by atoms with E-state index < -0.39 is 0 Å². The molecule has 0 radical (unpaired) electrons. The van der Waals surface area contributed by atoms with Crippen molar-refractivity contribution in [3.8, 4) is 0 Å². The Balaban J connectivity index is 2.71. The normalized spacial score (nSPS) is 10.0. The lowest BCUT2D eigenvalue weighted by Gasteiger charge is -2.16. The maximum Gasteiger partial charge on any atom is 0.255 e. The van der Waals surface area contributed by atoms with Gasteiger partial charge in [0.05, 0.1) is 5.56 Å². The SMILES string of the molecule is C=CCSCCNc1cc(N)ccc1C(=O)N(C)C. The van der Waals surface area contributed by atoms with E-state index in [2.05, 4.69) is 11.9 Å². The van der Waals surface area contributed by atoms with Crippen molar-refractivity contribution in [2.24, 2.45) is 0 Å². The largest absolute Gasteiger partial charge is 0.399 e. The summed E-state index contributed by atoms with van der Waals surface area (Å²) < 4.78 is 0. The van der Waals surface area contributed by atoms with Crippen LogP contribution in [0.5, 0.6) is 0 Å². The third-order valence-electron chi connectivity index (χ3n) is 2.48. The number of benzene rings is 1. The Labute approximate surface area is 119 Å². The van der Waals surface area contributed by atoms with Crippen LogP contribution in [0.3, 0.4) is 0 Å². The number of nitrogens with one attached hydrogen (secondary N) is 1. The number of nitrogen functional groups attached to an aromatic ring is 1. The number of amides is 1. The summed E-state index contributed by atoms with van der Waals surface area (Å²) in [5, 5.41) is 3.27. The number of anilines is 2. The van der Waals surface area contributed by atoms with Crippen molar-refractivity contribution in [3.05, 3.63) is 36.4 Å². The zero-order valence-electron chi connectivity index (χ0n) is 11.5. The summed E-state index contributed by atoms with van der Waals surface area (Å²) in [4.78, 5) is 13.6. The molecule has 0 aliphatic rings. The van der Waals surface area contributed by atoms with Gasteiger partial charge in [0, 0.05) is 43.5 Å². The van der Waals surface area contributed by atoms with Gasteiger partial charge in [-0.2, -0.15) is 11.8 Å². The number of nitrogens with zero attached hydrogens (tertiary/aromatic N) is 1. The molecule has 0 spiro atoms. The summed E-state index contributed by atoms with van der Waals surface area (Å²) in [7, 11) is 3.48. The molecule has 104 valence electrons. The Bertz CT molecular complexity index is 446. The van der Waals surface area contributed by atoms with E-state index in [0.717, 1.165) is 23.7 Å².